The second-order valence-corrected chi connectivity index (χ2v) is 3.35. The molecule has 0 aliphatic heterocycles. The van der Waals surface area contributed by atoms with Crippen LogP contribution in [-0.4, -0.2) is 9.97 Å². The summed E-state index contributed by atoms with van der Waals surface area (Å²) < 4.78 is 5.39. The average molecular weight is 232 g/mol. The highest BCUT2D eigenvalue weighted by Crippen LogP contribution is 2.22. The Morgan fingerprint density at radius 2 is 2.19 bits per heavy atom. The second-order valence-electron chi connectivity index (χ2n) is 2.91. The van der Waals surface area contributed by atoms with Crippen LogP contribution in [0.5, 0.6) is 11.6 Å². The molecule has 0 atom stereocenters. The summed E-state index contributed by atoms with van der Waals surface area (Å²) in [7, 11) is 0. The minimum absolute atomic E-state index is 0.208. The van der Waals surface area contributed by atoms with E-state index in [4.69, 9.17) is 21.6 Å². The van der Waals surface area contributed by atoms with E-state index >= 15 is 0 Å². The van der Waals surface area contributed by atoms with Crippen molar-refractivity contribution >= 4 is 11.6 Å². The number of halogens is 1. The third-order valence-electron chi connectivity index (χ3n) is 1.75. The van der Waals surface area contributed by atoms with Crippen LogP contribution in [0.4, 0.5) is 0 Å². The van der Waals surface area contributed by atoms with E-state index in [1.807, 2.05) is 6.07 Å². The van der Waals surface area contributed by atoms with Gasteiger partial charge < -0.3 is 4.74 Å². The molecule has 0 saturated heterocycles. The van der Waals surface area contributed by atoms with Crippen LogP contribution in [0.25, 0.3) is 0 Å². The first kappa shape index (κ1) is 10.4. The molecule has 0 radical (unpaired) electrons. The van der Waals surface area contributed by atoms with Crippen LogP contribution in [0.3, 0.4) is 0 Å². The summed E-state index contributed by atoms with van der Waals surface area (Å²) in [5.41, 5.74) is 0.208. The van der Waals surface area contributed by atoms with Crippen molar-refractivity contribution in [3.63, 3.8) is 0 Å². The molecular formula is C11H6ClN3O. The highest BCUT2D eigenvalue weighted by atomic mass is 35.5. The maximum Gasteiger partial charge on any atom is 0.239 e. The number of hydrogen-bond acceptors (Lipinski definition) is 4. The predicted octanol–water partition coefficient (Wildman–Crippen LogP) is 2.79. The third-order valence-corrected chi connectivity index (χ3v) is 1.98. The van der Waals surface area contributed by atoms with Crippen molar-refractivity contribution < 1.29 is 4.74 Å². The molecule has 1 heterocycles. The SMILES string of the molecule is N#Cc1cncc(Oc2cccc(Cl)c2)n1. The Morgan fingerprint density at radius 3 is 2.94 bits per heavy atom. The highest BCUT2D eigenvalue weighted by molar-refractivity contribution is 6.30. The first-order valence-corrected chi connectivity index (χ1v) is 4.81. The Labute approximate surface area is 97.1 Å². The Bertz CT molecular complexity index is 551. The lowest BCUT2D eigenvalue weighted by atomic mass is 10.3. The Kier molecular flexibility index (Phi) is 2.99. The van der Waals surface area contributed by atoms with Gasteiger partial charge in [0.15, 0.2) is 5.69 Å². The van der Waals surface area contributed by atoms with Crippen LogP contribution in [0.1, 0.15) is 5.69 Å². The van der Waals surface area contributed by atoms with Gasteiger partial charge in [0.25, 0.3) is 0 Å². The van der Waals surface area contributed by atoms with Gasteiger partial charge in [0.05, 0.1) is 12.4 Å². The molecule has 1 aromatic heterocycles. The lowest BCUT2D eigenvalue weighted by Crippen LogP contribution is -1.91. The van der Waals surface area contributed by atoms with Crippen molar-refractivity contribution in [1.82, 2.24) is 9.97 Å². The molecule has 0 unspecified atom stereocenters. The monoisotopic (exact) mass is 231 g/mol. The first-order chi connectivity index (χ1) is 7.78. The minimum Gasteiger partial charge on any atom is -0.437 e. The van der Waals surface area contributed by atoms with Crippen molar-refractivity contribution in [2.75, 3.05) is 0 Å². The molecule has 2 aromatic rings. The largest absolute Gasteiger partial charge is 0.437 e. The van der Waals surface area contributed by atoms with Gasteiger partial charge in [-0.25, -0.2) is 0 Å². The van der Waals surface area contributed by atoms with Crippen molar-refractivity contribution in [3.05, 3.63) is 47.4 Å². The van der Waals surface area contributed by atoms with Gasteiger partial charge >= 0.3 is 0 Å². The van der Waals surface area contributed by atoms with Crippen molar-refractivity contribution in [3.8, 4) is 17.7 Å². The second kappa shape index (κ2) is 4.60. The average Bonchev–Trinajstić information content (AvgIpc) is 2.29. The summed E-state index contributed by atoms with van der Waals surface area (Å²) in [4.78, 5) is 7.76. The lowest BCUT2D eigenvalue weighted by Gasteiger charge is -2.03. The molecular weight excluding hydrogens is 226 g/mol. The number of ether oxygens (including phenoxy) is 1. The molecule has 0 spiro atoms. The molecule has 0 saturated carbocycles. The molecule has 2 rings (SSSR count). The van der Waals surface area contributed by atoms with Crippen LogP contribution < -0.4 is 4.74 Å². The number of nitriles is 1. The Morgan fingerprint density at radius 1 is 1.31 bits per heavy atom. The van der Waals surface area contributed by atoms with E-state index in [1.165, 1.54) is 12.4 Å². The van der Waals surface area contributed by atoms with E-state index in [-0.39, 0.29) is 11.6 Å². The molecule has 0 amide bonds. The van der Waals surface area contributed by atoms with Gasteiger partial charge in [0, 0.05) is 5.02 Å². The van der Waals surface area contributed by atoms with Gasteiger partial charge in [-0.3, -0.25) is 4.98 Å². The predicted molar refractivity (Wildman–Crippen MR) is 58.3 cm³/mol. The van der Waals surface area contributed by atoms with Gasteiger partial charge in [0.2, 0.25) is 5.88 Å². The Balaban J connectivity index is 2.24. The molecule has 1 aromatic carbocycles. The zero-order valence-corrected chi connectivity index (χ0v) is 8.85. The third kappa shape index (κ3) is 2.47. The number of benzene rings is 1. The van der Waals surface area contributed by atoms with Crippen LogP contribution in [0, 0.1) is 11.3 Å². The van der Waals surface area contributed by atoms with E-state index in [2.05, 4.69) is 9.97 Å². The fourth-order valence-electron chi connectivity index (χ4n) is 1.10. The van der Waals surface area contributed by atoms with Gasteiger partial charge in [-0.1, -0.05) is 17.7 Å². The topological polar surface area (TPSA) is 58.8 Å². The molecule has 5 heteroatoms. The lowest BCUT2D eigenvalue weighted by molar-refractivity contribution is 0.459. The molecule has 4 nitrogen and oxygen atoms in total. The summed E-state index contributed by atoms with van der Waals surface area (Å²) >= 11 is 5.80. The fourth-order valence-corrected chi connectivity index (χ4v) is 1.28. The smallest absolute Gasteiger partial charge is 0.239 e. The summed E-state index contributed by atoms with van der Waals surface area (Å²) in [6, 6.07) is 8.79. The maximum absolute atomic E-state index is 8.64. The molecule has 0 bridgehead atoms. The zero-order chi connectivity index (χ0) is 11.4. The van der Waals surface area contributed by atoms with E-state index in [0.29, 0.717) is 10.8 Å². The van der Waals surface area contributed by atoms with Crippen LogP contribution in [0.15, 0.2) is 36.7 Å². The van der Waals surface area contributed by atoms with E-state index in [1.54, 1.807) is 24.3 Å². The van der Waals surface area contributed by atoms with E-state index < -0.39 is 0 Å². The number of aromatic nitrogens is 2. The quantitative estimate of drug-likeness (QED) is 0.797. The van der Waals surface area contributed by atoms with Gasteiger partial charge in [-0.15, -0.1) is 0 Å². The van der Waals surface area contributed by atoms with Crippen LogP contribution >= 0.6 is 11.6 Å². The number of hydrogen-bond donors (Lipinski definition) is 0. The summed E-state index contributed by atoms with van der Waals surface area (Å²) in [6.45, 7) is 0. The summed E-state index contributed by atoms with van der Waals surface area (Å²) in [6.07, 6.45) is 2.80. The van der Waals surface area contributed by atoms with Crippen LogP contribution in [-0.2, 0) is 0 Å². The molecule has 0 aliphatic carbocycles. The first-order valence-electron chi connectivity index (χ1n) is 4.43. The summed E-state index contributed by atoms with van der Waals surface area (Å²) in [5, 5.41) is 9.21. The number of rotatable bonds is 2. The number of nitrogens with zero attached hydrogens (tertiary/aromatic N) is 3. The van der Waals surface area contributed by atoms with Crippen LogP contribution in [0.2, 0.25) is 5.02 Å². The molecule has 16 heavy (non-hydrogen) atoms. The maximum atomic E-state index is 8.64. The van der Waals surface area contributed by atoms with Crippen molar-refractivity contribution in [1.29, 1.82) is 5.26 Å². The van der Waals surface area contributed by atoms with Crippen molar-refractivity contribution in [2.45, 2.75) is 0 Å². The molecule has 78 valence electrons. The van der Waals surface area contributed by atoms with E-state index in [9.17, 15) is 0 Å². The molecule has 0 aliphatic rings. The van der Waals surface area contributed by atoms with E-state index in [0.717, 1.165) is 0 Å². The highest BCUT2D eigenvalue weighted by Gasteiger charge is 2.01. The van der Waals surface area contributed by atoms with Gasteiger partial charge in [0.1, 0.15) is 11.8 Å². The summed E-state index contributed by atoms with van der Waals surface area (Å²) in [5.74, 6) is 0.818. The zero-order valence-electron chi connectivity index (χ0n) is 8.09. The minimum atomic E-state index is 0.208. The molecule has 0 fully saturated rings. The molecule has 0 N–H and O–H groups in total. The van der Waals surface area contributed by atoms with Crippen molar-refractivity contribution in [2.24, 2.45) is 0 Å². The van der Waals surface area contributed by atoms with Gasteiger partial charge in [-0.2, -0.15) is 10.2 Å². The standard InChI is InChI=1S/C11H6ClN3O/c12-8-2-1-3-10(4-8)16-11-7-14-6-9(5-13)15-11/h1-4,6-7H. The normalized spacial score (nSPS) is 9.50. The Hall–Kier alpha value is -2.12. The fraction of sp³-hybridized carbons (Fsp3) is 0. The van der Waals surface area contributed by atoms with Gasteiger partial charge in [-0.05, 0) is 18.2 Å².